The van der Waals surface area contributed by atoms with E-state index in [1.54, 1.807) is 0 Å². The second-order valence-corrected chi connectivity index (χ2v) is 6.92. The fourth-order valence-electron chi connectivity index (χ4n) is 2.78. The van der Waals surface area contributed by atoms with E-state index in [1.165, 1.54) is 0 Å². The predicted molar refractivity (Wildman–Crippen MR) is 94.9 cm³/mol. The standard InChI is InChI=1S/C18H24ClN3O2/c1-12(2)10-22-18(19)15(13(3)21-22)9-20-8-14-11-23-16-6-4-5-7-17(16)24-14/h4-7,12,14,20H,8-11H2,1-3H3/t14-/m1/s1. The number of rotatable bonds is 6. The zero-order chi connectivity index (χ0) is 17.1. The Balaban J connectivity index is 1.55. The predicted octanol–water partition coefficient (Wildman–Crippen LogP) is 3.43. The minimum atomic E-state index is -0.00955. The van der Waals surface area contributed by atoms with Gasteiger partial charge in [0, 0.05) is 25.2 Å². The minimum Gasteiger partial charge on any atom is -0.486 e. The summed E-state index contributed by atoms with van der Waals surface area (Å²) < 4.78 is 13.6. The van der Waals surface area contributed by atoms with Gasteiger partial charge in [0.15, 0.2) is 11.5 Å². The molecule has 3 rings (SSSR count). The smallest absolute Gasteiger partial charge is 0.161 e. The van der Waals surface area contributed by atoms with Crippen LogP contribution < -0.4 is 14.8 Å². The fourth-order valence-corrected chi connectivity index (χ4v) is 3.09. The van der Waals surface area contributed by atoms with Crippen LogP contribution in [0.2, 0.25) is 5.15 Å². The Labute approximate surface area is 147 Å². The molecule has 0 amide bonds. The van der Waals surface area contributed by atoms with Crippen LogP contribution in [0, 0.1) is 12.8 Å². The minimum absolute atomic E-state index is 0.00955. The van der Waals surface area contributed by atoms with E-state index in [0.29, 0.717) is 25.6 Å². The Bertz CT molecular complexity index is 700. The third-order valence-corrected chi connectivity index (χ3v) is 4.39. The molecule has 0 fully saturated rings. The topological polar surface area (TPSA) is 48.3 Å². The van der Waals surface area contributed by atoms with E-state index in [0.717, 1.165) is 34.5 Å². The maximum absolute atomic E-state index is 6.47. The molecule has 130 valence electrons. The number of para-hydroxylation sites is 2. The molecule has 0 radical (unpaired) electrons. The summed E-state index contributed by atoms with van der Waals surface area (Å²) in [5.41, 5.74) is 2.02. The largest absolute Gasteiger partial charge is 0.486 e. The summed E-state index contributed by atoms with van der Waals surface area (Å²) in [6.07, 6.45) is -0.00955. The van der Waals surface area contributed by atoms with Crippen LogP contribution in [0.3, 0.4) is 0 Å². The number of aromatic nitrogens is 2. The van der Waals surface area contributed by atoms with Gasteiger partial charge in [-0.05, 0) is 25.0 Å². The summed E-state index contributed by atoms with van der Waals surface area (Å²) >= 11 is 6.47. The number of benzene rings is 1. The molecule has 0 aliphatic carbocycles. The average Bonchev–Trinajstić information content (AvgIpc) is 2.81. The van der Waals surface area contributed by atoms with Gasteiger partial charge in [-0.3, -0.25) is 4.68 Å². The zero-order valence-corrected chi connectivity index (χ0v) is 15.1. The first-order chi connectivity index (χ1) is 11.5. The zero-order valence-electron chi connectivity index (χ0n) is 14.4. The number of hydrogen-bond donors (Lipinski definition) is 1. The lowest BCUT2D eigenvalue weighted by atomic mass is 10.2. The molecular formula is C18H24ClN3O2. The highest BCUT2D eigenvalue weighted by molar-refractivity contribution is 6.30. The number of nitrogens with zero attached hydrogens (tertiary/aromatic N) is 2. The lowest BCUT2D eigenvalue weighted by molar-refractivity contribution is 0.0902. The van der Waals surface area contributed by atoms with Crippen molar-refractivity contribution in [1.29, 1.82) is 0 Å². The van der Waals surface area contributed by atoms with E-state index < -0.39 is 0 Å². The van der Waals surface area contributed by atoms with Gasteiger partial charge in [-0.25, -0.2) is 0 Å². The van der Waals surface area contributed by atoms with Crippen LogP contribution >= 0.6 is 11.6 Å². The molecule has 24 heavy (non-hydrogen) atoms. The van der Waals surface area contributed by atoms with Gasteiger partial charge >= 0.3 is 0 Å². The molecule has 1 aliphatic rings. The van der Waals surface area contributed by atoms with Crippen molar-refractivity contribution < 1.29 is 9.47 Å². The van der Waals surface area contributed by atoms with Crippen LogP contribution in [0.15, 0.2) is 24.3 Å². The van der Waals surface area contributed by atoms with E-state index in [9.17, 15) is 0 Å². The summed E-state index contributed by atoms with van der Waals surface area (Å²) in [6, 6.07) is 7.74. The highest BCUT2D eigenvalue weighted by Gasteiger charge is 2.21. The highest BCUT2D eigenvalue weighted by atomic mass is 35.5. The second kappa shape index (κ2) is 7.45. The Morgan fingerprint density at radius 2 is 2.08 bits per heavy atom. The Hall–Kier alpha value is -1.72. The van der Waals surface area contributed by atoms with Crippen LogP contribution in [0.1, 0.15) is 25.1 Å². The molecule has 1 aromatic heterocycles. The summed E-state index contributed by atoms with van der Waals surface area (Å²) in [5, 5.41) is 8.66. The molecule has 1 atom stereocenters. The number of halogens is 1. The third kappa shape index (κ3) is 3.84. The number of fused-ring (bicyclic) bond motifs is 1. The van der Waals surface area contributed by atoms with Crippen molar-refractivity contribution in [2.75, 3.05) is 13.2 Å². The van der Waals surface area contributed by atoms with E-state index in [-0.39, 0.29) is 6.10 Å². The molecule has 2 aromatic rings. The van der Waals surface area contributed by atoms with Gasteiger partial charge in [-0.2, -0.15) is 5.10 Å². The van der Waals surface area contributed by atoms with Gasteiger partial charge < -0.3 is 14.8 Å². The normalized spacial score (nSPS) is 16.6. The Morgan fingerprint density at radius 1 is 1.33 bits per heavy atom. The molecule has 0 unspecified atom stereocenters. The molecule has 1 aliphatic heterocycles. The van der Waals surface area contributed by atoms with E-state index >= 15 is 0 Å². The van der Waals surface area contributed by atoms with Crippen LogP contribution in [0.5, 0.6) is 11.5 Å². The molecule has 1 N–H and O–H groups in total. The SMILES string of the molecule is Cc1nn(CC(C)C)c(Cl)c1CNC[C@@H]1COc2ccccc2O1. The quantitative estimate of drug-likeness (QED) is 0.868. The molecule has 0 spiro atoms. The molecule has 6 heteroatoms. The molecule has 1 aromatic carbocycles. The van der Waals surface area contributed by atoms with Crippen molar-refractivity contribution in [3.05, 3.63) is 40.7 Å². The number of nitrogens with one attached hydrogen (secondary N) is 1. The Morgan fingerprint density at radius 3 is 2.83 bits per heavy atom. The molecule has 5 nitrogen and oxygen atoms in total. The van der Waals surface area contributed by atoms with Crippen molar-refractivity contribution >= 4 is 11.6 Å². The Kier molecular flexibility index (Phi) is 5.31. The fraction of sp³-hybridized carbons (Fsp3) is 0.500. The number of aryl methyl sites for hydroxylation is 1. The van der Waals surface area contributed by atoms with Crippen molar-refractivity contribution in [3.63, 3.8) is 0 Å². The van der Waals surface area contributed by atoms with Gasteiger partial charge in [-0.15, -0.1) is 0 Å². The highest BCUT2D eigenvalue weighted by Crippen LogP contribution is 2.30. The first-order valence-electron chi connectivity index (χ1n) is 8.35. The van der Waals surface area contributed by atoms with Crippen molar-refractivity contribution in [1.82, 2.24) is 15.1 Å². The van der Waals surface area contributed by atoms with Crippen LogP contribution in [-0.2, 0) is 13.1 Å². The molecular weight excluding hydrogens is 326 g/mol. The summed E-state index contributed by atoms with van der Waals surface area (Å²) in [5.74, 6) is 2.12. The third-order valence-electron chi connectivity index (χ3n) is 3.96. The van der Waals surface area contributed by atoms with Gasteiger partial charge in [0.25, 0.3) is 0 Å². The average molecular weight is 350 g/mol. The summed E-state index contributed by atoms with van der Waals surface area (Å²) in [4.78, 5) is 0. The van der Waals surface area contributed by atoms with Gasteiger partial charge in [0.2, 0.25) is 0 Å². The van der Waals surface area contributed by atoms with Crippen molar-refractivity contribution in [2.24, 2.45) is 5.92 Å². The second-order valence-electron chi connectivity index (χ2n) is 6.56. The van der Waals surface area contributed by atoms with Crippen LogP contribution in [0.4, 0.5) is 0 Å². The van der Waals surface area contributed by atoms with Crippen LogP contribution in [-0.4, -0.2) is 29.0 Å². The molecule has 0 bridgehead atoms. The molecule has 0 saturated heterocycles. The van der Waals surface area contributed by atoms with Gasteiger partial charge in [0.1, 0.15) is 17.9 Å². The van der Waals surface area contributed by atoms with Gasteiger partial charge in [0.05, 0.1) is 5.69 Å². The lowest BCUT2D eigenvalue weighted by Crippen LogP contribution is -2.38. The molecule has 0 saturated carbocycles. The summed E-state index contributed by atoms with van der Waals surface area (Å²) in [7, 11) is 0. The lowest BCUT2D eigenvalue weighted by Gasteiger charge is -2.26. The van der Waals surface area contributed by atoms with Crippen molar-refractivity contribution in [2.45, 2.75) is 40.0 Å². The first-order valence-corrected chi connectivity index (χ1v) is 8.73. The number of ether oxygens (including phenoxy) is 2. The van der Waals surface area contributed by atoms with E-state index in [4.69, 9.17) is 21.1 Å². The maximum atomic E-state index is 6.47. The maximum Gasteiger partial charge on any atom is 0.161 e. The van der Waals surface area contributed by atoms with Crippen LogP contribution in [0.25, 0.3) is 0 Å². The summed E-state index contributed by atoms with van der Waals surface area (Å²) in [6.45, 7) is 9.05. The molecule has 2 heterocycles. The van der Waals surface area contributed by atoms with Crippen molar-refractivity contribution in [3.8, 4) is 11.5 Å². The van der Waals surface area contributed by atoms with E-state index in [2.05, 4.69) is 24.3 Å². The first kappa shape index (κ1) is 17.1. The monoisotopic (exact) mass is 349 g/mol. The number of hydrogen-bond acceptors (Lipinski definition) is 4. The van der Waals surface area contributed by atoms with E-state index in [1.807, 2.05) is 35.9 Å². The van der Waals surface area contributed by atoms with Gasteiger partial charge in [-0.1, -0.05) is 37.6 Å².